The average molecular weight is 440 g/mol. The number of aryl methyl sites for hydroxylation is 3. The van der Waals surface area contributed by atoms with Gasteiger partial charge in [-0.1, -0.05) is 17.3 Å². The van der Waals surface area contributed by atoms with Crippen LogP contribution in [0.25, 0.3) is 33.3 Å². The maximum Gasteiger partial charge on any atom is 0.255 e. The Morgan fingerprint density at radius 2 is 1.73 bits per heavy atom. The van der Waals surface area contributed by atoms with E-state index in [0.717, 1.165) is 38.9 Å². The Balaban J connectivity index is 1.49. The molecule has 33 heavy (non-hydrogen) atoms. The molecule has 0 bridgehead atoms. The molecule has 6 nitrogen and oxygen atoms in total. The van der Waals surface area contributed by atoms with Crippen molar-refractivity contribution in [2.75, 3.05) is 5.32 Å². The van der Waals surface area contributed by atoms with Gasteiger partial charge in [0.1, 0.15) is 17.2 Å². The molecule has 2 aromatic heterocycles. The van der Waals surface area contributed by atoms with E-state index in [2.05, 4.69) is 20.7 Å². The van der Waals surface area contributed by atoms with Crippen molar-refractivity contribution in [1.82, 2.24) is 15.4 Å². The van der Waals surface area contributed by atoms with Crippen LogP contribution in [-0.2, 0) is 0 Å². The number of hydrogen-bond donors (Lipinski definition) is 2. The summed E-state index contributed by atoms with van der Waals surface area (Å²) in [5.74, 6) is 0.0522. The Morgan fingerprint density at radius 1 is 0.970 bits per heavy atom. The summed E-state index contributed by atoms with van der Waals surface area (Å²) in [6.07, 6.45) is 0. The third-order valence-corrected chi connectivity index (χ3v) is 5.76. The molecular weight excluding hydrogens is 419 g/mol. The summed E-state index contributed by atoms with van der Waals surface area (Å²) < 4.78 is 18.4. The number of fused-ring (bicyclic) bond motifs is 1. The molecule has 5 rings (SSSR count). The Hall–Kier alpha value is -4.26. The summed E-state index contributed by atoms with van der Waals surface area (Å²) in [4.78, 5) is 12.9. The van der Waals surface area contributed by atoms with Crippen molar-refractivity contribution in [2.24, 2.45) is 0 Å². The lowest BCUT2D eigenvalue weighted by atomic mass is 9.96. The van der Waals surface area contributed by atoms with Gasteiger partial charge in [-0.15, -0.1) is 0 Å². The standard InChI is InChI=1S/C26H21FN4O2/c1-14-4-5-19(26(32)28-24-15(2)31-33-16(24)3)12-22(14)18-8-11-21-23(13-18)29-30-25(21)17-6-9-20(27)10-7-17/h4-13H,1-3H3,(H,28,32)(H,29,30). The van der Waals surface area contributed by atoms with Gasteiger partial charge in [0.05, 0.1) is 11.2 Å². The minimum absolute atomic E-state index is 0.230. The van der Waals surface area contributed by atoms with E-state index in [1.54, 1.807) is 32.0 Å². The zero-order chi connectivity index (χ0) is 23.1. The molecule has 0 aliphatic carbocycles. The molecule has 0 aliphatic rings. The molecule has 0 saturated carbocycles. The molecule has 0 saturated heterocycles. The van der Waals surface area contributed by atoms with Gasteiger partial charge >= 0.3 is 0 Å². The van der Waals surface area contributed by atoms with Gasteiger partial charge in [-0.05, 0) is 86.0 Å². The predicted molar refractivity (Wildman–Crippen MR) is 126 cm³/mol. The highest BCUT2D eigenvalue weighted by Crippen LogP contribution is 2.32. The zero-order valence-electron chi connectivity index (χ0n) is 18.4. The van der Waals surface area contributed by atoms with Crippen LogP contribution in [0.15, 0.2) is 65.2 Å². The fourth-order valence-corrected chi connectivity index (χ4v) is 3.94. The van der Waals surface area contributed by atoms with E-state index < -0.39 is 0 Å². The van der Waals surface area contributed by atoms with E-state index >= 15 is 0 Å². The first-order chi connectivity index (χ1) is 15.9. The molecule has 0 aliphatic heterocycles. The molecule has 0 spiro atoms. The molecule has 1 amide bonds. The Kier molecular flexibility index (Phi) is 5.01. The van der Waals surface area contributed by atoms with Crippen molar-refractivity contribution in [2.45, 2.75) is 20.8 Å². The van der Waals surface area contributed by atoms with Crippen LogP contribution in [0.4, 0.5) is 10.1 Å². The molecule has 7 heteroatoms. The van der Waals surface area contributed by atoms with Crippen molar-refractivity contribution < 1.29 is 13.7 Å². The van der Waals surface area contributed by atoms with Crippen molar-refractivity contribution in [1.29, 1.82) is 0 Å². The first-order valence-corrected chi connectivity index (χ1v) is 10.5. The predicted octanol–water partition coefficient (Wildman–Crippen LogP) is 6.20. The van der Waals surface area contributed by atoms with Gasteiger partial charge in [-0.25, -0.2) is 4.39 Å². The normalized spacial score (nSPS) is 11.2. The number of anilines is 1. The lowest BCUT2D eigenvalue weighted by Crippen LogP contribution is -2.13. The molecule has 2 N–H and O–H groups in total. The summed E-state index contributed by atoms with van der Waals surface area (Å²) in [5.41, 5.74) is 7.17. The number of amides is 1. The van der Waals surface area contributed by atoms with Gasteiger partial charge in [0, 0.05) is 16.5 Å². The van der Waals surface area contributed by atoms with Crippen LogP contribution in [-0.4, -0.2) is 21.3 Å². The second-order valence-electron chi connectivity index (χ2n) is 8.02. The van der Waals surface area contributed by atoms with Gasteiger partial charge in [0.25, 0.3) is 5.91 Å². The van der Waals surface area contributed by atoms with Gasteiger partial charge < -0.3 is 9.84 Å². The fourth-order valence-electron chi connectivity index (χ4n) is 3.94. The maximum atomic E-state index is 13.3. The van der Waals surface area contributed by atoms with Crippen molar-refractivity contribution in [3.63, 3.8) is 0 Å². The molecule has 164 valence electrons. The number of carbonyl (C=O) groups is 1. The number of rotatable bonds is 4. The maximum absolute atomic E-state index is 13.3. The minimum atomic E-state index is -0.283. The summed E-state index contributed by atoms with van der Waals surface area (Å²) >= 11 is 0. The van der Waals surface area contributed by atoms with Gasteiger partial charge in [0.2, 0.25) is 0 Å². The van der Waals surface area contributed by atoms with Crippen LogP contribution in [0.3, 0.4) is 0 Å². The van der Waals surface area contributed by atoms with E-state index in [0.29, 0.717) is 22.7 Å². The van der Waals surface area contributed by atoms with E-state index in [1.807, 2.05) is 37.3 Å². The topological polar surface area (TPSA) is 83.8 Å². The quantitative estimate of drug-likeness (QED) is 0.348. The molecule has 5 aromatic rings. The number of carbonyl (C=O) groups excluding carboxylic acids is 1. The highest BCUT2D eigenvalue weighted by molar-refractivity contribution is 6.06. The van der Waals surface area contributed by atoms with Crippen LogP contribution in [0, 0.1) is 26.6 Å². The largest absolute Gasteiger partial charge is 0.359 e. The number of halogens is 1. The second-order valence-corrected chi connectivity index (χ2v) is 8.02. The summed E-state index contributed by atoms with van der Waals surface area (Å²) in [6.45, 7) is 5.55. The third-order valence-electron chi connectivity index (χ3n) is 5.76. The monoisotopic (exact) mass is 440 g/mol. The van der Waals surface area contributed by atoms with E-state index in [4.69, 9.17) is 4.52 Å². The first kappa shape index (κ1) is 20.6. The highest BCUT2D eigenvalue weighted by Gasteiger charge is 2.16. The first-order valence-electron chi connectivity index (χ1n) is 10.5. The average Bonchev–Trinajstić information content (AvgIpc) is 3.38. The molecule has 0 fully saturated rings. The van der Waals surface area contributed by atoms with E-state index in [9.17, 15) is 9.18 Å². The summed E-state index contributed by atoms with van der Waals surface area (Å²) in [6, 6.07) is 17.9. The molecule has 3 aromatic carbocycles. The SMILES string of the molecule is Cc1ccc(C(=O)Nc2c(C)noc2C)cc1-c1ccc2c(-c3ccc(F)cc3)n[nH]c2c1. The lowest BCUT2D eigenvalue weighted by Gasteiger charge is -2.10. The van der Waals surface area contributed by atoms with Crippen LogP contribution < -0.4 is 5.32 Å². The Labute approximate surface area is 189 Å². The van der Waals surface area contributed by atoms with Crippen molar-refractivity contribution in [3.8, 4) is 22.4 Å². The zero-order valence-corrected chi connectivity index (χ0v) is 18.4. The number of H-pyrrole nitrogens is 1. The van der Waals surface area contributed by atoms with Crippen LogP contribution in [0.1, 0.15) is 27.4 Å². The molecular formula is C26H21FN4O2. The number of hydrogen-bond acceptors (Lipinski definition) is 4. The van der Waals surface area contributed by atoms with Crippen molar-refractivity contribution >= 4 is 22.5 Å². The fraction of sp³-hybridized carbons (Fsp3) is 0.115. The van der Waals surface area contributed by atoms with Crippen LogP contribution in [0.5, 0.6) is 0 Å². The Morgan fingerprint density at radius 3 is 2.45 bits per heavy atom. The summed E-state index contributed by atoms with van der Waals surface area (Å²) in [7, 11) is 0. The third kappa shape index (κ3) is 3.78. The lowest BCUT2D eigenvalue weighted by molar-refractivity contribution is 0.102. The smallest absolute Gasteiger partial charge is 0.255 e. The number of nitrogens with zero attached hydrogens (tertiary/aromatic N) is 2. The molecule has 0 unspecified atom stereocenters. The second kappa shape index (κ2) is 8.02. The number of aromatic nitrogens is 3. The summed E-state index contributed by atoms with van der Waals surface area (Å²) in [5, 5.41) is 15.2. The van der Waals surface area contributed by atoms with Crippen molar-refractivity contribution in [3.05, 3.63) is 89.1 Å². The Bertz CT molecular complexity index is 1480. The van der Waals surface area contributed by atoms with Crippen LogP contribution in [0.2, 0.25) is 0 Å². The van der Waals surface area contributed by atoms with Gasteiger partial charge in [0.15, 0.2) is 5.76 Å². The minimum Gasteiger partial charge on any atom is -0.359 e. The molecule has 2 heterocycles. The van der Waals surface area contributed by atoms with Crippen LogP contribution >= 0.6 is 0 Å². The van der Waals surface area contributed by atoms with E-state index in [-0.39, 0.29) is 11.7 Å². The molecule has 0 atom stereocenters. The number of aromatic amines is 1. The van der Waals surface area contributed by atoms with E-state index in [1.165, 1.54) is 12.1 Å². The van der Waals surface area contributed by atoms with Gasteiger partial charge in [-0.2, -0.15) is 5.10 Å². The highest BCUT2D eigenvalue weighted by atomic mass is 19.1. The number of nitrogens with one attached hydrogen (secondary N) is 2. The van der Waals surface area contributed by atoms with Gasteiger partial charge in [-0.3, -0.25) is 9.89 Å². The number of benzene rings is 3. The molecule has 0 radical (unpaired) electrons.